The number of nitrogens with one attached hydrogen (secondary N) is 1. The molecule has 1 aliphatic rings. The van der Waals surface area contributed by atoms with E-state index in [0.717, 1.165) is 23.9 Å². The summed E-state index contributed by atoms with van der Waals surface area (Å²) in [5.74, 6) is 0.000381. The molecule has 1 N–H and O–H groups in total. The monoisotopic (exact) mass is 322 g/mol. The number of carbonyl (C=O) groups is 1. The smallest absolute Gasteiger partial charge is 0.268 e. The Hall–Kier alpha value is -2.49. The van der Waals surface area contributed by atoms with Crippen molar-refractivity contribution in [3.63, 3.8) is 0 Å². The summed E-state index contributed by atoms with van der Waals surface area (Å²) in [6.45, 7) is 2.74. The quantitative estimate of drug-likeness (QED) is 0.780. The topological polar surface area (TPSA) is 47.2 Å². The van der Waals surface area contributed by atoms with Crippen LogP contribution in [0.1, 0.15) is 47.3 Å². The van der Waals surface area contributed by atoms with Crippen LogP contribution in [0.15, 0.2) is 47.1 Å². The normalized spacial score (nSPS) is 15.2. The highest BCUT2D eigenvalue weighted by Crippen LogP contribution is 2.24. The molecule has 2 aromatic heterocycles. The van der Waals surface area contributed by atoms with Crippen LogP contribution in [-0.4, -0.2) is 16.5 Å². The van der Waals surface area contributed by atoms with Crippen LogP contribution >= 0.6 is 0 Å². The zero-order valence-electron chi connectivity index (χ0n) is 13.9. The van der Waals surface area contributed by atoms with Crippen molar-refractivity contribution < 1.29 is 9.21 Å². The molecule has 0 aliphatic heterocycles. The molecule has 1 saturated carbocycles. The van der Waals surface area contributed by atoms with Crippen LogP contribution in [0.4, 0.5) is 0 Å². The maximum Gasteiger partial charge on any atom is 0.268 e. The van der Waals surface area contributed by atoms with Gasteiger partial charge in [0.2, 0.25) is 0 Å². The van der Waals surface area contributed by atoms with Crippen LogP contribution in [0.5, 0.6) is 0 Å². The van der Waals surface area contributed by atoms with Gasteiger partial charge < -0.3 is 14.3 Å². The molecule has 1 amide bonds. The van der Waals surface area contributed by atoms with Crippen LogP contribution in [0, 0.1) is 6.92 Å². The van der Waals surface area contributed by atoms with Gasteiger partial charge in [0.1, 0.15) is 5.69 Å². The van der Waals surface area contributed by atoms with Crippen LogP contribution in [0.3, 0.4) is 0 Å². The van der Waals surface area contributed by atoms with Crippen molar-refractivity contribution >= 4 is 17.0 Å². The minimum Gasteiger partial charge on any atom is -0.463 e. The Balaban J connectivity index is 1.65. The molecular formula is C20H22N2O2. The summed E-state index contributed by atoms with van der Waals surface area (Å²) in [6.07, 6.45) is 6.26. The van der Waals surface area contributed by atoms with E-state index in [0.29, 0.717) is 18.3 Å². The van der Waals surface area contributed by atoms with E-state index in [2.05, 4.69) is 36.5 Å². The van der Waals surface area contributed by atoms with Gasteiger partial charge in [-0.2, -0.15) is 0 Å². The Morgan fingerprint density at radius 1 is 1.21 bits per heavy atom. The molecule has 24 heavy (non-hydrogen) atoms. The summed E-state index contributed by atoms with van der Waals surface area (Å²) < 4.78 is 7.56. The summed E-state index contributed by atoms with van der Waals surface area (Å²) in [5.41, 5.74) is 4.82. The molecule has 0 spiro atoms. The second-order valence-electron chi connectivity index (χ2n) is 6.73. The second kappa shape index (κ2) is 6.19. The molecule has 3 aromatic rings. The van der Waals surface area contributed by atoms with Gasteiger partial charge >= 0.3 is 0 Å². The lowest BCUT2D eigenvalue weighted by molar-refractivity contribution is 0.0929. The SMILES string of the molecule is Cc1ccc(Cn2c(C(=O)NC3CCCC3)cc3occc32)cc1. The average molecular weight is 322 g/mol. The first-order valence-corrected chi connectivity index (χ1v) is 8.64. The highest BCUT2D eigenvalue weighted by atomic mass is 16.3. The predicted octanol–water partition coefficient (Wildman–Crippen LogP) is 4.26. The summed E-state index contributed by atoms with van der Waals surface area (Å²) in [6, 6.07) is 12.5. The molecule has 1 fully saturated rings. The van der Waals surface area contributed by atoms with Gasteiger partial charge in [-0.1, -0.05) is 42.7 Å². The molecule has 0 atom stereocenters. The fourth-order valence-corrected chi connectivity index (χ4v) is 3.54. The van der Waals surface area contributed by atoms with Crippen molar-refractivity contribution in [2.24, 2.45) is 0 Å². The molecule has 4 nitrogen and oxygen atoms in total. The maximum atomic E-state index is 12.8. The van der Waals surface area contributed by atoms with Crippen molar-refractivity contribution in [3.05, 3.63) is 59.5 Å². The molecule has 1 aromatic carbocycles. The number of benzene rings is 1. The molecule has 0 unspecified atom stereocenters. The van der Waals surface area contributed by atoms with Gasteiger partial charge in [-0.15, -0.1) is 0 Å². The Bertz CT molecular complexity index is 852. The molecule has 124 valence electrons. The van der Waals surface area contributed by atoms with Gasteiger partial charge in [0.25, 0.3) is 5.91 Å². The van der Waals surface area contributed by atoms with Gasteiger partial charge in [-0.05, 0) is 25.3 Å². The second-order valence-corrected chi connectivity index (χ2v) is 6.73. The van der Waals surface area contributed by atoms with Gasteiger partial charge in [0.05, 0.1) is 11.8 Å². The van der Waals surface area contributed by atoms with E-state index in [9.17, 15) is 4.79 Å². The first-order chi connectivity index (χ1) is 11.7. The Labute approximate surface area is 141 Å². The lowest BCUT2D eigenvalue weighted by atomic mass is 10.1. The number of rotatable bonds is 4. The molecular weight excluding hydrogens is 300 g/mol. The molecule has 4 heteroatoms. The molecule has 0 bridgehead atoms. The Morgan fingerprint density at radius 2 is 1.96 bits per heavy atom. The molecule has 2 heterocycles. The predicted molar refractivity (Wildman–Crippen MR) is 94.2 cm³/mol. The number of carbonyl (C=O) groups excluding carboxylic acids is 1. The highest BCUT2D eigenvalue weighted by molar-refractivity contribution is 5.97. The number of furan rings is 1. The fourth-order valence-electron chi connectivity index (χ4n) is 3.54. The van der Waals surface area contributed by atoms with Crippen molar-refractivity contribution in [1.82, 2.24) is 9.88 Å². The van der Waals surface area contributed by atoms with E-state index in [1.807, 2.05) is 16.7 Å². The van der Waals surface area contributed by atoms with Crippen LogP contribution < -0.4 is 5.32 Å². The number of nitrogens with zero attached hydrogens (tertiary/aromatic N) is 1. The van der Waals surface area contributed by atoms with Crippen molar-refractivity contribution in [3.8, 4) is 0 Å². The average Bonchev–Trinajstić information content (AvgIpc) is 3.28. The number of aromatic nitrogens is 1. The van der Waals surface area contributed by atoms with Crippen molar-refractivity contribution in [2.45, 2.75) is 45.2 Å². The number of fused-ring (bicyclic) bond motifs is 1. The number of amides is 1. The zero-order valence-corrected chi connectivity index (χ0v) is 13.9. The van der Waals surface area contributed by atoms with E-state index < -0.39 is 0 Å². The molecule has 0 saturated heterocycles. The van der Waals surface area contributed by atoms with Crippen molar-refractivity contribution in [2.75, 3.05) is 0 Å². The van der Waals surface area contributed by atoms with E-state index in [-0.39, 0.29) is 5.91 Å². The van der Waals surface area contributed by atoms with Gasteiger partial charge in [-0.3, -0.25) is 4.79 Å². The van der Waals surface area contributed by atoms with Gasteiger partial charge in [0, 0.05) is 24.7 Å². The van der Waals surface area contributed by atoms with Crippen molar-refractivity contribution in [1.29, 1.82) is 0 Å². The lowest BCUT2D eigenvalue weighted by Gasteiger charge is -2.14. The largest absolute Gasteiger partial charge is 0.463 e. The zero-order chi connectivity index (χ0) is 16.5. The standard InChI is InChI=1S/C20H22N2O2/c1-14-6-8-15(9-7-14)13-22-17-10-11-24-19(17)12-18(22)20(23)21-16-4-2-3-5-16/h6-12,16H,2-5,13H2,1H3,(H,21,23). The van der Waals surface area contributed by atoms with Crippen LogP contribution in [0.25, 0.3) is 11.1 Å². The van der Waals surface area contributed by atoms with E-state index in [4.69, 9.17) is 4.42 Å². The third-order valence-corrected chi connectivity index (χ3v) is 4.91. The Kier molecular flexibility index (Phi) is 3.89. The molecule has 4 rings (SSSR count). The van der Waals surface area contributed by atoms with E-state index in [1.54, 1.807) is 6.26 Å². The summed E-state index contributed by atoms with van der Waals surface area (Å²) >= 11 is 0. The summed E-state index contributed by atoms with van der Waals surface area (Å²) in [7, 11) is 0. The van der Waals surface area contributed by atoms with Gasteiger partial charge in [0.15, 0.2) is 5.58 Å². The van der Waals surface area contributed by atoms with Gasteiger partial charge in [-0.25, -0.2) is 0 Å². The minimum absolute atomic E-state index is 0.000381. The summed E-state index contributed by atoms with van der Waals surface area (Å²) in [4.78, 5) is 12.8. The highest BCUT2D eigenvalue weighted by Gasteiger charge is 2.22. The van der Waals surface area contributed by atoms with E-state index >= 15 is 0 Å². The number of hydrogen-bond donors (Lipinski definition) is 1. The molecule has 0 radical (unpaired) electrons. The number of hydrogen-bond acceptors (Lipinski definition) is 2. The third-order valence-electron chi connectivity index (χ3n) is 4.91. The minimum atomic E-state index is 0.000381. The fraction of sp³-hybridized carbons (Fsp3) is 0.350. The van der Waals surface area contributed by atoms with Crippen LogP contribution in [-0.2, 0) is 6.54 Å². The Morgan fingerprint density at radius 3 is 2.71 bits per heavy atom. The first-order valence-electron chi connectivity index (χ1n) is 8.64. The number of aryl methyl sites for hydroxylation is 1. The lowest BCUT2D eigenvalue weighted by Crippen LogP contribution is -2.34. The maximum absolute atomic E-state index is 12.8. The summed E-state index contributed by atoms with van der Waals surface area (Å²) in [5, 5.41) is 3.18. The first kappa shape index (κ1) is 15.1. The third kappa shape index (κ3) is 2.84. The van der Waals surface area contributed by atoms with Crippen LogP contribution in [0.2, 0.25) is 0 Å². The van der Waals surface area contributed by atoms with E-state index in [1.165, 1.54) is 24.0 Å². The molecule has 1 aliphatic carbocycles.